The lowest BCUT2D eigenvalue weighted by atomic mass is 9.79. The fraction of sp³-hybridized carbons (Fsp3) is 0.500. The lowest BCUT2D eigenvalue weighted by Gasteiger charge is -2.35. The third-order valence-corrected chi connectivity index (χ3v) is 4.38. The van der Waals surface area contributed by atoms with Crippen LogP contribution in [0.4, 0.5) is 5.69 Å². The van der Waals surface area contributed by atoms with Crippen LogP contribution in [0.15, 0.2) is 24.3 Å². The monoisotopic (exact) mass is 375 g/mol. The molecule has 0 saturated heterocycles. The summed E-state index contributed by atoms with van der Waals surface area (Å²) in [4.78, 5) is 10.9. The summed E-state index contributed by atoms with van der Waals surface area (Å²) in [6.45, 7) is 0.472. The van der Waals surface area contributed by atoms with Crippen molar-refractivity contribution in [3.63, 3.8) is 0 Å². The lowest BCUT2D eigenvalue weighted by Crippen LogP contribution is -2.41. The van der Waals surface area contributed by atoms with Gasteiger partial charge in [0.25, 0.3) is 0 Å². The molecule has 0 aromatic heterocycles. The fourth-order valence-corrected chi connectivity index (χ4v) is 2.99. The van der Waals surface area contributed by atoms with E-state index in [4.69, 9.17) is 5.11 Å². The van der Waals surface area contributed by atoms with Crippen molar-refractivity contribution < 1.29 is 15.0 Å². The number of anilines is 1. The summed E-state index contributed by atoms with van der Waals surface area (Å²) in [5, 5.41) is 22.6. The van der Waals surface area contributed by atoms with Gasteiger partial charge in [-0.05, 0) is 66.5 Å². The van der Waals surface area contributed by atoms with E-state index in [1.54, 1.807) is 0 Å². The topological polar surface area (TPSA) is 69.6 Å². The Kier molecular flexibility index (Phi) is 4.67. The molecular weight excluding hydrogens is 357 g/mol. The summed E-state index contributed by atoms with van der Waals surface area (Å²) in [7, 11) is 0. The van der Waals surface area contributed by atoms with E-state index in [2.05, 4.69) is 27.9 Å². The van der Waals surface area contributed by atoms with Crippen molar-refractivity contribution in [1.82, 2.24) is 0 Å². The Morgan fingerprint density at radius 1 is 1.42 bits per heavy atom. The van der Waals surface area contributed by atoms with Crippen molar-refractivity contribution in [2.24, 2.45) is 5.92 Å². The van der Waals surface area contributed by atoms with Gasteiger partial charge in [-0.3, -0.25) is 4.79 Å². The highest BCUT2D eigenvalue weighted by Crippen LogP contribution is 2.32. The molecule has 104 valence electrons. The minimum absolute atomic E-state index is 0.294. The van der Waals surface area contributed by atoms with Crippen LogP contribution in [0.1, 0.15) is 25.7 Å². The lowest BCUT2D eigenvalue weighted by molar-refractivity contribution is -0.144. The van der Waals surface area contributed by atoms with Crippen LogP contribution in [0.2, 0.25) is 0 Å². The summed E-state index contributed by atoms with van der Waals surface area (Å²) >= 11 is 2.25. The number of nitrogens with one attached hydrogen (secondary N) is 1. The van der Waals surface area contributed by atoms with Gasteiger partial charge in [-0.1, -0.05) is 6.07 Å². The predicted molar refractivity (Wildman–Crippen MR) is 82.2 cm³/mol. The number of aliphatic carboxylic acids is 1. The molecule has 0 heterocycles. The average molecular weight is 375 g/mol. The summed E-state index contributed by atoms with van der Waals surface area (Å²) in [5.74, 6) is -1.04. The molecule has 0 unspecified atom stereocenters. The van der Waals surface area contributed by atoms with Crippen LogP contribution in [-0.4, -0.2) is 28.3 Å². The number of hydrogen-bond donors (Lipinski definition) is 3. The maximum atomic E-state index is 10.9. The molecule has 1 aliphatic carbocycles. The van der Waals surface area contributed by atoms with Crippen LogP contribution in [0.5, 0.6) is 0 Å². The molecule has 5 heteroatoms. The molecule has 0 aliphatic heterocycles. The van der Waals surface area contributed by atoms with Gasteiger partial charge in [-0.15, -0.1) is 0 Å². The Morgan fingerprint density at radius 3 is 2.68 bits per heavy atom. The zero-order valence-corrected chi connectivity index (χ0v) is 12.8. The van der Waals surface area contributed by atoms with Gasteiger partial charge in [0.1, 0.15) is 0 Å². The molecule has 1 fully saturated rings. The second kappa shape index (κ2) is 6.09. The van der Waals surface area contributed by atoms with E-state index in [1.165, 1.54) is 0 Å². The second-order valence-electron chi connectivity index (χ2n) is 5.20. The van der Waals surface area contributed by atoms with E-state index in [0.29, 0.717) is 32.2 Å². The van der Waals surface area contributed by atoms with E-state index in [1.807, 2.05) is 24.3 Å². The normalized spacial score (nSPS) is 26.9. The number of halogens is 1. The van der Waals surface area contributed by atoms with E-state index in [-0.39, 0.29) is 5.92 Å². The molecule has 2 rings (SSSR count). The highest BCUT2D eigenvalue weighted by Gasteiger charge is 2.35. The zero-order valence-electron chi connectivity index (χ0n) is 10.6. The predicted octanol–water partition coefficient (Wildman–Crippen LogP) is 2.71. The molecule has 1 aromatic rings. The maximum Gasteiger partial charge on any atom is 0.306 e. The molecule has 0 spiro atoms. The summed E-state index contributed by atoms with van der Waals surface area (Å²) in [6.07, 6.45) is 2.20. The van der Waals surface area contributed by atoms with Gasteiger partial charge >= 0.3 is 5.97 Å². The van der Waals surface area contributed by atoms with Crippen molar-refractivity contribution >= 4 is 34.2 Å². The van der Waals surface area contributed by atoms with Crippen LogP contribution in [0.25, 0.3) is 0 Å². The van der Waals surface area contributed by atoms with Gasteiger partial charge in [0.15, 0.2) is 0 Å². The van der Waals surface area contributed by atoms with Crippen molar-refractivity contribution in [2.45, 2.75) is 31.3 Å². The minimum atomic E-state index is -0.784. The number of carbonyl (C=O) groups is 1. The number of hydrogen-bond acceptors (Lipinski definition) is 3. The Hall–Kier alpha value is -0.820. The summed E-state index contributed by atoms with van der Waals surface area (Å²) < 4.78 is 1.14. The average Bonchev–Trinajstić information content (AvgIpc) is 2.37. The van der Waals surface area contributed by atoms with Crippen molar-refractivity contribution in [1.29, 1.82) is 0 Å². The first-order chi connectivity index (χ1) is 8.98. The summed E-state index contributed by atoms with van der Waals surface area (Å²) in [5.41, 5.74) is 0.202. The molecular formula is C14H18INO3. The van der Waals surface area contributed by atoms with Crippen LogP contribution in [0, 0.1) is 9.49 Å². The number of benzene rings is 1. The standard InChI is InChI=1S/C14H18INO3/c15-11-2-1-3-12(8-11)16-9-14(19)6-4-10(5-7-14)13(17)18/h1-3,8,10,16,19H,4-7,9H2,(H,17,18). The van der Waals surface area contributed by atoms with E-state index >= 15 is 0 Å². The van der Waals surface area contributed by atoms with Crippen molar-refractivity contribution in [3.05, 3.63) is 27.8 Å². The first-order valence-corrected chi connectivity index (χ1v) is 7.51. The molecule has 0 bridgehead atoms. The van der Waals surface area contributed by atoms with Crippen LogP contribution in [-0.2, 0) is 4.79 Å². The molecule has 1 aromatic carbocycles. The van der Waals surface area contributed by atoms with Gasteiger partial charge < -0.3 is 15.5 Å². The number of carboxylic acid groups (broad SMARTS) is 1. The van der Waals surface area contributed by atoms with Gasteiger partial charge in [0.2, 0.25) is 0 Å². The molecule has 1 saturated carbocycles. The van der Waals surface area contributed by atoms with Gasteiger partial charge in [-0.2, -0.15) is 0 Å². The van der Waals surface area contributed by atoms with E-state index in [9.17, 15) is 9.90 Å². The summed E-state index contributed by atoms with van der Waals surface area (Å²) in [6, 6.07) is 7.97. The zero-order chi connectivity index (χ0) is 13.9. The highest BCUT2D eigenvalue weighted by molar-refractivity contribution is 14.1. The molecule has 0 amide bonds. The number of carboxylic acids is 1. The van der Waals surface area contributed by atoms with Crippen molar-refractivity contribution in [3.8, 4) is 0 Å². The fourth-order valence-electron chi connectivity index (χ4n) is 2.44. The Labute approximate surface area is 126 Å². The van der Waals surface area contributed by atoms with Gasteiger partial charge in [0.05, 0.1) is 11.5 Å². The smallest absolute Gasteiger partial charge is 0.306 e. The van der Waals surface area contributed by atoms with Gasteiger partial charge in [0, 0.05) is 15.8 Å². The molecule has 3 N–H and O–H groups in total. The first-order valence-electron chi connectivity index (χ1n) is 6.43. The molecule has 0 atom stereocenters. The van der Waals surface area contributed by atoms with Crippen molar-refractivity contribution in [2.75, 3.05) is 11.9 Å². The number of aliphatic hydroxyl groups is 1. The molecule has 19 heavy (non-hydrogen) atoms. The van der Waals surface area contributed by atoms with E-state index < -0.39 is 11.6 Å². The highest BCUT2D eigenvalue weighted by atomic mass is 127. The third kappa shape index (κ3) is 4.07. The molecule has 0 radical (unpaired) electrons. The minimum Gasteiger partial charge on any atom is -0.481 e. The first kappa shape index (κ1) is 14.6. The second-order valence-corrected chi connectivity index (χ2v) is 6.45. The molecule has 4 nitrogen and oxygen atoms in total. The Bertz CT molecular complexity index is 456. The van der Waals surface area contributed by atoms with Gasteiger partial charge in [-0.25, -0.2) is 0 Å². The third-order valence-electron chi connectivity index (χ3n) is 3.71. The molecule has 1 aliphatic rings. The number of rotatable bonds is 4. The Morgan fingerprint density at radius 2 is 2.11 bits per heavy atom. The quantitative estimate of drug-likeness (QED) is 0.708. The van der Waals surface area contributed by atoms with E-state index in [0.717, 1.165) is 9.26 Å². The van der Waals surface area contributed by atoms with Crippen LogP contribution in [0.3, 0.4) is 0 Å². The largest absolute Gasteiger partial charge is 0.481 e. The SMILES string of the molecule is O=C(O)C1CCC(O)(CNc2cccc(I)c2)CC1. The van der Waals surface area contributed by atoms with Crippen LogP contribution < -0.4 is 5.32 Å². The van der Waals surface area contributed by atoms with Crippen LogP contribution >= 0.6 is 22.6 Å². The maximum absolute atomic E-state index is 10.9. The Balaban J connectivity index is 1.88.